The summed E-state index contributed by atoms with van der Waals surface area (Å²) < 4.78 is 70.2. The second-order valence-electron chi connectivity index (χ2n) is 8.15. The molecule has 0 aliphatic carbocycles. The zero-order valence-corrected chi connectivity index (χ0v) is 28.5. The lowest BCUT2D eigenvalue weighted by atomic mass is 10.1. The van der Waals surface area contributed by atoms with E-state index in [9.17, 15) is 36.8 Å². The molecule has 2 rings (SSSR count). The third-order valence-electron chi connectivity index (χ3n) is 4.92. The molecule has 0 aromatic heterocycles. The standard InChI is InChI=1S/C22H24Br2N4O12S4/c23-15-9-13(1-3-19(15)39-43(33,34)35)11-17(27-31)21(29)25-5-7-41-42-8-6-26-22(30)18(28-32)12-14-2-4-20(16(24)10-14)40-44(36,37)38/h1-4,9-10,31-32H,5-8,11-12H2,(H,25,29)(H,26,30)(H,33,34,35)(H,36,37,38). The van der Waals surface area contributed by atoms with E-state index in [1.165, 1.54) is 58.0 Å². The molecule has 0 bridgehead atoms. The first-order valence-corrected chi connectivity index (χ1v) is 18.6. The van der Waals surface area contributed by atoms with Crippen molar-refractivity contribution in [3.8, 4) is 11.5 Å². The number of rotatable bonds is 17. The zero-order valence-electron chi connectivity index (χ0n) is 22.0. The summed E-state index contributed by atoms with van der Waals surface area (Å²) in [5.41, 5.74) is 0.577. The van der Waals surface area contributed by atoms with Gasteiger partial charge in [0, 0.05) is 37.4 Å². The van der Waals surface area contributed by atoms with E-state index >= 15 is 0 Å². The summed E-state index contributed by atoms with van der Waals surface area (Å²) in [6.45, 7) is 0.468. The molecule has 0 aliphatic rings. The number of nitrogens with one attached hydrogen (secondary N) is 2. The molecule has 242 valence electrons. The summed E-state index contributed by atoms with van der Waals surface area (Å²) in [7, 11) is -6.63. The van der Waals surface area contributed by atoms with Crippen LogP contribution in [0.1, 0.15) is 11.1 Å². The van der Waals surface area contributed by atoms with Crippen LogP contribution in [-0.2, 0) is 43.2 Å². The lowest BCUT2D eigenvalue weighted by molar-refractivity contribution is -0.115. The minimum Gasteiger partial charge on any atom is -0.410 e. The molecular weight excluding hydrogens is 800 g/mol. The smallest absolute Gasteiger partial charge is 0.410 e. The van der Waals surface area contributed by atoms with Gasteiger partial charge < -0.3 is 29.4 Å². The maximum atomic E-state index is 12.4. The number of nitrogens with zero attached hydrogens (tertiary/aromatic N) is 2. The summed E-state index contributed by atoms with van der Waals surface area (Å²) in [5, 5.41) is 29.8. The van der Waals surface area contributed by atoms with Crippen LogP contribution in [0.15, 0.2) is 55.7 Å². The van der Waals surface area contributed by atoms with Gasteiger partial charge in [0.05, 0.1) is 8.95 Å². The first-order valence-electron chi connectivity index (χ1n) is 11.7. The quantitative estimate of drug-likeness (QED) is 0.0335. The second-order valence-corrected chi connectivity index (χ2v) is 14.6. The molecule has 2 amide bonds. The first-order chi connectivity index (χ1) is 20.6. The molecule has 0 fully saturated rings. The Morgan fingerprint density at radius 1 is 0.727 bits per heavy atom. The first kappa shape index (κ1) is 37.6. The van der Waals surface area contributed by atoms with Crippen LogP contribution in [0.2, 0.25) is 0 Å². The maximum absolute atomic E-state index is 12.4. The Bertz CT molecular complexity index is 1500. The monoisotopic (exact) mass is 822 g/mol. The third kappa shape index (κ3) is 14.0. The van der Waals surface area contributed by atoms with Crippen molar-refractivity contribution in [2.75, 3.05) is 24.6 Å². The Morgan fingerprint density at radius 3 is 1.39 bits per heavy atom. The number of halogens is 2. The average Bonchev–Trinajstić information content (AvgIpc) is 2.93. The van der Waals surface area contributed by atoms with Crippen molar-refractivity contribution in [2.24, 2.45) is 10.3 Å². The van der Waals surface area contributed by atoms with E-state index in [4.69, 9.17) is 9.11 Å². The van der Waals surface area contributed by atoms with Crippen molar-refractivity contribution < 1.29 is 54.3 Å². The fraction of sp³-hybridized carbons (Fsp3) is 0.273. The minimum atomic E-state index is -4.72. The summed E-state index contributed by atoms with van der Waals surface area (Å²) >= 11 is 6.19. The molecule has 22 heteroatoms. The van der Waals surface area contributed by atoms with Crippen LogP contribution >= 0.6 is 53.4 Å². The van der Waals surface area contributed by atoms with E-state index in [1.807, 2.05) is 0 Å². The number of hydrogen-bond acceptors (Lipinski definition) is 14. The number of carbonyl (C=O) groups is 2. The number of oxime groups is 2. The van der Waals surface area contributed by atoms with Gasteiger partial charge in [-0.2, -0.15) is 16.8 Å². The highest BCUT2D eigenvalue weighted by atomic mass is 79.9. The van der Waals surface area contributed by atoms with Crippen LogP contribution in [0.25, 0.3) is 0 Å². The lowest BCUT2D eigenvalue weighted by Gasteiger charge is -2.09. The van der Waals surface area contributed by atoms with Crippen LogP contribution in [-0.4, -0.2) is 84.2 Å². The van der Waals surface area contributed by atoms with Gasteiger partial charge in [-0.15, -0.1) is 0 Å². The van der Waals surface area contributed by atoms with E-state index in [0.29, 0.717) is 22.6 Å². The number of hydrogen-bond donors (Lipinski definition) is 6. The van der Waals surface area contributed by atoms with E-state index in [0.717, 1.165) is 0 Å². The molecule has 2 aromatic rings. The Morgan fingerprint density at radius 2 is 1.09 bits per heavy atom. The van der Waals surface area contributed by atoms with Crippen molar-refractivity contribution in [3.63, 3.8) is 0 Å². The lowest BCUT2D eigenvalue weighted by Crippen LogP contribution is -2.34. The van der Waals surface area contributed by atoms with Gasteiger partial charge in [-0.1, -0.05) is 44.0 Å². The average molecular weight is 825 g/mol. The van der Waals surface area contributed by atoms with Gasteiger partial charge in [-0.3, -0.25) is 18.7 Å². The SMILES string of the molecule is O=C(NCCSSCCNC(=O)C(Cc1ccc(OS(=O)(=O)O)c(Br)c1)=NO)C(Cc1ccc(OS(=O)(=O)O)c(Br)c1)=NO. The third-order valence-corrected chi connectivity index (χ3v) is 9.34. The fourth-order valence-electron chi connectivity index (χ4n) is 3.11. The van der Waals surface area contributed by atoms with E-state index in [2.05, 4.69) is 61.2 Å². The number of amides is 2. The van der Waals surface area contributed by atoms with Gasteiger partial charge in [0.15, 0.2) is 11.5 Å². The molecule has 16 nitrogen and oxygen atoms in total. The molecule has 0 heterocycles. The van der Waals surface area contributed by atoms with E-state index < -0.39 is 32.6 Å². The molecule has 0 atom stereocenters. The van der Waals surface area contributed by atoms with Gasteiger partial charge in [-0.25, -0.2) is 0 Å². The van der Waals surface area contributed by atoms with Gasteiger partial charge in [0.2, 0.25) is 0 Å². The molecule has 0 saturated carbocycles. The van der Waals surface area contributed by atoms with Crippen molar-refractivity contribution in [1.29, 1.82) is 0 Å². The zero-order chi connectivity index (χ0) is 32.9. The Hall–Kier alpha value is -2.60. The highest BCUT2D eigenvalue weighted by molar-refractivity contribution is 9.11. The normalized spacial score (nSPS) is 12.5. The molecule has 2 aromatic carbocycles. The Kier molecular flexibility index (Phi) is 15.2. The van der Waals surface area contributed by atoms with Crippen LogP contribution < -0.4 is 19.0 Å². The highest BCUT2D eigenvalue weighted by Crippen LogP contribution is 2.28. The molecule has 0 spiro atoms. The summed E-state index contributed by atoms with van der Waals surface area (Å²) in [5.74, 6) is -0.636. The van der Waals surface area contributed by atoms with Crippen molar-refractivity contribution in [3.05, 3.63) is 56.5 Å². The highest BCUT2D eigenvalue weighted by Gasteiger charge is 2.17. The Labute approximate surface area is 276 Å². The Balaban J connectivity index is 1.69. The second kappa shape index (κ2) is 17.8. The van der Waals surface area contributed by atoms with Crippen molar-refractivity contribution in [2.45, 2.75) is 12.8 Å². The van der Waals surface area contributed by atoms with Crippen LogP contribution in [0.3, 0.4) is 0 Å². The van der Waals surface area contributed by atoms with Gasteiger partial charge in [0.25, 0.3) is 11.8 Å². The van der Waals surface area contributed by atoms with E-state index in [-0.39, 0.29) is 57.8 Å². The van der Waals surface area contributed by atoms with Crippen LogP contribution in [0, 0.1) is 0 Å². The minimum absolute atomic E-state index is 0.0845. The molecule has 0 saturated heterocycles. The molecular formula is C22H24Br2N4O12S4. The molecule has 0 unspecified atom stereocenters. The van der Waals surface area contributed by atoms with Crippen LogP contribution in [0.5, 0.6) is 11.5 Å². The predicted octanol–water partition coefficient (Wildman–Crippen LogP) is 2.63. The number of benzene rings is 2. The molecule has 0 radical (unpaired) electrons. The maximum Gasteiger partial charge on any atom is 0.446 e. The van der Waals surface area contributed by atoms with Crippen molar-refractivity contribution in [1.82, 2.24) is 10.6 Å². The van der Waals surface area contributed by atoms with E-state index in [1.54, 1.807) is 0 Å². The van der Waals surface area contributed by atoms with Gasteiger partial charge in [-0.05, 0) is 67.3 Å². The number of carbonyl (C=O) groups excluding carboxylic acids is 2. The topological polar surface area (TPSA) is 251 Å². The fourth-order valence-corrected chi connectivity index (χ4v) is 6.90. The van der Waals surface area contributed by atoms with Crippen molar-refractivity contribution >= 4 is 97.5 Å². The molecule has 44 heavy (non-hydrogen) atoms. The largest absolute Gasteiger partial charge is 0.446 e. The predicted molar refractivity (Wildman–Crippen MR) is 169 cm³/mol. The molecule has 6 N–H and O–H groups in total. The van der Waals surface area contributed by atoms with Gasteiger partial charge in [0.1, 0.15) is 11.4 Å². The van der Waals surface area contributed by atoms with Crippen LogP contribution in [0.4, 0.5) is 0 Å². The molecule has 0 aliphatic heterocycles. The summed E-state index contributed by atoms with van der Waals surface area (Å²) in [4.78, 5) is 24.7. The summed E-state index contributed by atoms with van der Waals surface area (Å²) in [6, 6.07) is 8.21. The van der Waals surface area contributed by atoms with Gasteiger partial charge >= 0.3 is 20.8 Å². The summed E-state index contributed by atoms with van der Waals surface area (Å²) in [6.07, 6.45) is -0.169.